The van der Waals surface area contributed by atoms with Gasteiger partial charge in [0.15, 0.2) is 0 Å². The van der Waals surface area contributed by atoms with Crippen LogP contribution in [0.15, 0.2) is 48.5 Å². The molecule has 1 unspecified atom stereocenters. The van der Waals surface area contributed by atoms with E-state index in [1.54, 1.807) is 13.0 Å². The summed E-state index contributed by atoms with van der Waals surface area (Å²) in [6.45, 7) is 5.51. The summed E-state index contributed by atoms with van der Waals surface area (Å²) in [6, 6.07) is 12.2. The van der Waals surface area contributed by atoms with Crippen molar-refractivity contribution in [1.29, 1.82) is 0 Å². The molecular formula is C20H20N2O4. The molecule has 134 valence electrons. The number of anilines is 1. The van der Waals surface area contributed by atoms with Crippen molar-refractivity contribution in [3.05, 3.63) is 69.8 Å². The zero-order chi connectivity index (χ0) is 18.9. The van der Waals surface area contributed by atoms with Gasteiger partial charge in [-0.1, -0.05) is 36.4 Å². The monoisotopic (exact) mass is 352 g/mol. The van der Waals surface area contributed by atoms with Crippen molar-refractivity contribution in [2.45, 2.75) is 32.3 Å². The number of hydrogen-bond acceptors (Lipinski definition) is 4. The third kappa shape index (κ3) is 3.59. The van der Waals surface area contributed by atoms with E-state index in [4.69, 9.17) is 4.74 Å². The molecule has 0 aliphatic carbocycles. The molecule has 0 spiro atoms. The maximum absolute atomic E-state index is 12.6. The van der Waals surface area contributed by atoms with Crippen molar-refractivity contribution in [3.63, 3.8) is 0 Å². The molecule has 1 aliphatic heterocycles. The van der Waals surface area contributed by atoms with Gasteiger partial charge in [-0.25, -0.2) is 0 Å². The van der Waals surface area contributed by atoms with Crippen molar-refractivity contribution in [3.8, 4) is 5.75 Å². The molecule has 0 saturated carbocycles. The summed E-state index contributed by atoms with van der Waals surface area (Å²) in [5.41, 5.74) is 0.971. The van der Waals surface area contributed by atoms with E-state index in [0.717, 1.165) is 5.56 Å². The van der Waals surface area contributed by atoms with Crippen LogP contribution in [-0.4, -0.2) is 16.4 Å². The minimum Gasteiger partial charge on any atom is -0.483 e. The minimum absolute atomic E-state index is 0.162. The van der Waals surface area contributed by atoms with E-state index < -0.39 is 16.4 Å². The summed E-state index contributed by atoms with van der Waals surface area (Å²) in [4.78, 5) is 23.5. The van der Waals surface area contributed by atoms with Gasteiger partial charge in [0.25, 0.3) is 5.69 Å². The van der Waals surface area contributed by atoms with E-state index in [1.807, 2.05) is 56.3 Å². The van der Waals surface area contributed by atoms with Crippen LogP contribution in [0.5, 0.6) is 5.75 Å². The largest absolute Gasteiger partial charge is 0.483 e. The number of nitrogens with one attached hydrogen (secondary N) is 1. The van der Waals surface area contributed by atoms with Gasteiger partial charge < -0.3 is 10.1 Å². The average Bonchev–Trinajstić information content (AvgIpc) is 2.60. The lowest BCUT2D eigenvalue weighted by molar-refractivity contribution is -0.384. The Balaban J connectivity index is 1.92. The second kappa shape index (κ2) is 6.63. The lowest BCUT2D eigenvalue weighted by atomic mass is 9.99. The Bertz CT molecular complexity index is 888. The Labute approximate surface area is 151 Å². The van der Waals surface area contributed by atoms with E-state index in [1.165, 1.54) is 6.07 Å². The number of fused-ring (bicyclic) bond motifs is 1. The van der Waals surface area contributed by atoms with Crippen molar-refractivity contribution in [2.24, 2.45) is 0 Å². The highest BCUT2D eigenvalue weighted by Crippen LogP contribution is 2.38. The highest BCUT2D eigenvalue weighted by atomic mass is 16.6. The molecule has 3 rings (SSSR count). The van der Waals surface area contributed by atoms with Crippen LogP contribution >= 0.6 is 0 Å². The number of nitrogens with zero attached hydrogens (tertiary/aromatic N) is 1. The number of benzene rings is 2. The zero-order valence-electron chi connectivity index (χ0n) is 14.9. The number of rotatable bonds is 4. The summed E-state index contributed by atoms with van der Waals surface area (Å²) in [7, 11) is 0. The quantitative estimate of drug-likeness (QED) is 0.648. The summed E-state index contributed by atoms with van der Waals surface area (Å²) in [5.74, 6) is -0.309. The predicted molar refractivity (Wildman–Crippen MR) is 100 cm³/mol. The molecule has 2 aromatic rings. The van der Waals surface area contributed by atoms with E-state index >= 15 is 0 Å². The Morgan fingerprint density at radius 2 is 1.92 bits per heavy atom. The molecule has 6 nitrogen and oxygen atoms in total. The van der Waals surface area contributed by atoms with E-state index in [2.05, 4.69) is 5.32 Å². The van der Waals surface area contributed by atoms with Crippen LogP contribution in [-0.2, 0) is 4.79 Å². The number of carbonyl (C=O) groups is 1. The normalized spacial score (nSPS) is 15.5. The van der Waals surface area contributed by atoms with Gasteiger partial charge in [0.2, 0.25) is 5.91 Å². The molecule has 2 aromatic carbocycles. The van der Waals surface area contributed by atoms with Crippen LogP contribution in [0.1, 0.15) is 37.8 Å². The molecule has 26 heavy (non-hydrogen) atoms. The Morgan fingerprint density at radius 3 is 2.58 bits per heavy atom. The van der Waals surface area contributed by atoms with Crippen molar-refractivity contribution >= 4 is 23.4 Å². The lowest BCUT2D eigenvalue weighted by Gasteiger charge is -2.28. The SMILES string of the molecule is CC(C(=O)Nc1cc2c(cc1[N+](=O)[O-])OC(C)(C)C=C2)c1ccccc1. The van der Waals surface area contributed by atoms with Crippen LogP contribution in [0.25, 0.3) is 6.08 Å². The van der Waals surface area contributed by atoms with Crippen LogP contribution in [0.2, 0.25) is 0 Å². The Kier molecular flexibility index (Phi) is 4.50. The number of nitro groups is 1. The minimum atomic E-state index is -0.534. The first-order valence-corrected chi connectivity index (χ1v) is 8.33. The van der Waals surface area contributed by atoms with Crippen LogP contribution in [0.3, 0.4) is 0 Å². The molecule has 0 aromatic heterocycles. The Morgan fingerprint density at radius 1 is 1.23 bits per heavy atom. The number of carbonyl (C=O) groups excluding carboxylic acids is 1. The molecule has 0 fully saturated rings. The first kappa shape index (κ1) is 17.7. The smallest absolute Gasteiger partial charge is 0.296 e. The van der Waals surface area contributed by atoms with E-state index in [9.17, 15) is 14.9 Å². The fourth-order valence-electron chi connectivity index (χ4n) is 2.80. The number of nitro benzene ring substituents is 1. The van der Waals surface area contributed by atoms with Gasteiger partial charge in [0.1, 0.15) is 17.0 Å². The number of ether oxygens (including phenoxy) is 1. The average molecular weight is 352 g/mol. The van der Waals surface area contributed by atoms with Gasteiger partial charge in [-0.05, 0) is 38.5 Å². The summed E-state index contributed by atoms with van der Waals surface area (Å²) < 4.78 is 5.78. The van der Waals surface area contributed by atoms with Gasteiger partial charge in [-0.2, -0.15) is 0 Å². The van der Waals surface area contributed by atoms with Gasteiger partial charge in [0, 0.05) is 5.56 Å². The molecular weight excluding hydrogens is 332 g/mol. The first-order valence-electron chi connectivity index (χ1n) is 8.33. The zero-order valence-corrected chi connectivity index (χ0v) is 14.9. The van der Waals surface area contributed by atoms with Crippen LogP contribution < -0.4 is 10.1 Å². The fraction of sp³-hybridized carbons (Fsp3) is 0.250. The molecule has 1 amide bonds. The Hall–Kier alpha value is -3.15. The second-order valence-corrected chi connectivity index (χ2v) is 6.82. The topological polar surface area (TPSA) is 81.5 Å². The lowest BCUT2D eigenvalue weighted by Crippen LogP contribution is -2.27. The molecule has 1 aliphatic rings. The maximum Gasteiger partial charge on any atom is 0.296 e. The van der Waals surface area contributed by atoms with Crippen molar-refractivity contribution < 1.29 is 14.5 Å². The molecule has 1 heterocycles. The van der Waals surface area contributed by atoms with Gasteiger partial charge >= 0.3 is 0 Å². The second-order valence-electron chi connectivity index (χ2n) is 6.82. The van der Waals surface area contributed by atoms with E-state index in [-0.39, 0.29) is 17.3 Å². The molecule has 0 bridgehead atoms. The fourth-order valence-corrected chi connectivity index (χ4v) is 2.80. The summed E-state index contributed by atoms with van der Waals surface area (Å²) in [6.07, 6.45) is 3.72. The summed E-state index contributed by atoms with van der Waals surface area (Å²) in [5, 5.41) is 14.2. The third-order valence-corrected chi connectivity index (χ3v) is 4.31. The first-order chi connectivity index (χ1) is 12.3. The standard InChI is InChI=1S/C20H20N2O4/c1-13(14-7-5-4-6-8-14)19(23)21-16-11-15-9-10-20(2,3)26-18(15)12-17(16)22(24)25/h4-13H,1-3H3,(H,21,23). The van der Waals surface area contributed by atoms with Gasteiger partial charge in [-0.15, -0.1) is 0 Å². The predicted octanol–water partition coefficient (Wildman–Crippen LogP) is 4.52. The van der Waals surface area contributed by atoms with Gasteiger partial charge in [0.05, 0.1) is 16.9 Å². The highest BCUT2D eigenvalue weighted by molar-refractivity contribution is 5.98. The highest BCUT2D eigenvalue weighted by Gasteiger charge is 2.27. The van der Waals surface area contributed by atoms with Crippen molar-refractivity contribution in [1.82, 2.24) is 0 Å². The molecule has 6 heteroatoms. The van der Waals surface area contributed by atoms with Crippen molar-refractivity contribution in [2.75, 3.05) is 5.32 Å². The third-order valence-electron chi connectivity index (χ3n) is 4.31. The maximum atomic E-state index is 12.6. The van der Waals surface area contributed by atoms with Gasteiger partial charge in [-0.3, -0.25) is 14.9 Å². The number of amides is 1. The molecule has 0 radical (unpaired) electrons. The number of hydrogen-bond donors (Lipinski definition) is 1. The van der Waals surface area contributed by atoms with E-state index in [0.29, 0.717) is 11.3 Å². The van der Waals surface area contributed by atoms with Crippen LogP contribution in [0, 0.1) is 10.1 Å². The van der Waals surface area contributed by atoms with Crippen LogP contribution in [0.4, 0.5) is 11.4 Å². The molecule has 0 saturated heterocycles. The summed E-state index contributed by atoms with van der Waals surface area (Å²) >= 11 is 0. The molecule has 1 atom stereocenters. The molecule has 1 N–H and O–H groups in total.